The van der Waals surface area contributed by atoms with Crippen LogP contribution in [0.2, 0.25) is 0 Å². The van der Waals surface area contributed by atoms with Crippen molar-refractivity contribution in [2.24, 2.45) is 0 Å². The van der Waals surface area contributed by atoms with Gasteiger partial charge in [0.25, 0.3) is 17.7 Å². The first kappa shape index (κ1) is 87.3. The fourth-order valence-corrected chi connectivity index (χ4v) is 16.2. The van der Waals surface area contributed by atoms with Crippen molar-refractivity contribution in [1.29, 1.82) is 0 Å². The van der Waals surface area contributed by atoms with E-state index in [1.807, 2.05) is 229 Å². The zero-order chi connectivity index (χ0) is 84.9. The molecule has 0 radical (unpaired) electrons. The number of phosphoric ester groups is 4. The van der Waals surface area contributed by atoms with Crippen LogP contribution in [0.15, 0.2) is 212 Å². The first-order valence-corrected chi connectivity index (χ1v) is 43.5. The highest BCUT2D eigenvalue weighted by Crippen LogP contribution is 2.53. The lowest BCUT2D eigenvalue weighted by atomic mass is 10.1. The van der Waals surface area contributed by atoms with Gasteiger partial charge in [0.05, 0.1) is 59.1 Å². The van der Waals surface area contributed by atoms with Gasteiger partial charge in [-0.15, -0.1) is 0 Å². The standard InChI is InChI=1S/C30H29N2O5P.C25H27N2O4P.C17H19N2O5P.C16H17N2O5P/c1-22-17-23(2)31-28(22)18-27-26-15-9-10-16-29(26)32(30(27)33)21-37-38(34,35-19-24-11-5-3-6-12-24)36-20-25-13-7-4-8-14-25;1-18-14-19(2)26-24(18)15-23-20(3)27(25-13-9-8-12-22(23)25)17-31-32(28,29-4)30-16-21-10-6-5-7-11-21;1-11-8-12(2)18-15(11)9-14-13-6-4-5-7-16(13)19(17(14)20)10-24-25(21,22)23-3;1-10-7-11(2)17-14(10)8-13-12-5-3-4-6-15(12)18(16(13)19)9-23-24(20,21)22/h3-18,31H,19-21H2,1-2H3;5-15,26H,3,16-17H2,1-2,4H3;4-9,18H,10H2,1-3H3,(H,21,22);3-8,17H,9H2,1-2H3,(H2,20,21,22)/b27-18-;23-15+;14-9-;13-8-. The Bertz CT molecular complexity index is 6080. The molecule has 12 aromatic rings. The fraction of sp³-hybridized carbons (Fsp3) is 0.193. The summed E-state index contributed by atoms with van der Waals surface area (Å²) < 4.78 is 98.4. The number of rotatable bonds is 27. The van der Waals surface area contributed by atoms with E-state index in [0.717, 1.165) is 124 Å². The van der Waals surface area contributed by atoms with Crippen molar-refractivity contribution in [2.45, 2.75) is 81.9 Å². The Kier molecular flexibility index (Phi) is 28.2. The molecule has 119 heavy (non-hydrogen) atoms. The molecule has 27 nitrogen and oxygen atoms in total. The van der Waals surface area contributed by atoms with E-state index in [-0.39, 0.29) is 57.7 Å². The maximum atomic E-state index is 13.7. The number of aromatic amines is 4. The van der Waals surface area contributed by atoms with E-state index >= 15 is 0 Å². The third kappa shape index (κ3) is 21.7. The number of benzene rings is 7. The van der Waals surface area contributed by atoms with Crippen LogP contribution in [0.1, 0.15) is 101 Å². The fourth-order valence-electron chi connectivity index (χ4n) is 13.6. The predicted molar refractivity (Wildman–Crippen MR) is 460 cm³/mol. The lowest BCUT2D eigenvalue weighted by molar-refractivity contribution is -0.114. The van der Waals surface area contributed by atoms with Crippen molar-refractivity contribution in [3.63, 3.8) is 0 Å². The summed E-state index contributed by atoms with van der Waals surface area (Å²) in [5.74, 6) is -0.921. The molecule has 0 aliphatic carbocycles. The summed E-state index contributed by atoms with van der Waals surface area (Å²) in [6, 6.07) is 66.0. The number of para-hydroxylation sites is 4. The number of carbonyl (C=O) groups is 3. The van der Waals surface area contributed by atoms with Crippen LogP contribution in [0.5, 0.6) is 0 Å². The van der Waals surface area contributed by atoms with Crippen LogP contribution in [0.25, 0.3) is 58.5 Å². The number of nitrogens with one attached hydrogen (secondary N) is 4. The van der Waals surface area contributed by atoms with Gasteiger partial charge in [-0.05, 0) is 167 Å². The van der Waals surface area contributed by atoms with Gasteiger partial charge < -0.3 is 39.2 Å². The van der Waals surface area contributed by atoms with Crippen LogP contribution in [-0.4, -0.2) is 91.3 Å². The largest absolute Gasteiger partial charge is 0.477 e. The molecule has 2 unspecified atom stereocenters. The molecular formula is C88H92N8O19P4. The normalized spacial score (nSPS) is 15.4. The number of aromatic nitrogens is 5. The molecular weight excluding hydrogens is 1600 g/mol. The Balaban J connectivity index is 0.000000148. The number of hydrogen-bond donors (Lipinski definition) is 7. The van der Waals surface area contributed by atoms with Gasteiger partial charge in [0, 0.05) is 92.4 Å². The summed E-state index contributed by atoms with van der Waals surface area (Å²) in [5, 5.41) is 2.76. The molecule has 0 saturated carbocycles. The number of phosphoric acid groups is 4. The second-order valence-electron chi connectivity index (χ2n) is 28.1. The van der Waals surface area contributed by atoms with Crippen LogP contribution in [0.3, 0.4) is 0 Å². The predicted octanol–water partition coefficient (Wildman–Crippen LogP) is 17.6. The molecule has 618 valence electrons. The molecule has 8 heterocycles. The maximum Gasteiger partial charge on any atom is 0.477 e. The quantitative estimate of drug-likeness (QED) is 0.0186. The average Bonchev–Trinajstić information content (AvgIpc) is 1.64. The summed E-state index contributed by atoms with van der Waals surface area (Å²) in [6.07, 6.45) is 7.48. The van der Waals surface area contributed by atoms with E-state index in [2.05, 4.69) is 54.6 Å². The number of H-pyrrole nitrogens is 4. The smallest absolute Gasteiger partial charge is 0.359 e. The monoisotopic (exact) mass is 1690 g/mol. The number of anilines is 3. The lowest BCUT2D eigenvalue weighted by Gasteiger charge is -2.22. The molecule has 0 spiro atoms. The zero-order valence-corrected chi connectivity index (χ0v) is 70.7. The molecule has 15 rings (SSSR count). The van der Waals surface area contributed by atoms with Gasteiger partial charge in [0.1, 0.15) is 26.9 Å². The van der Waals surface area contributed by atoms with Crippen molar-refractivity contribution in [2.75, 3.05) is 49.1 Å². The molecule has 31 heteroatoms. The Morgan fingerprint density at radius 3 is 1.04 bits per heavy atom. The first-order chi connectivity index (χ1) is 56.9. The van der Waals surface area contributed by atoms with E-state index in [1.165, 1.54) is 21.8 Å². The molecule has 3 aliphatic heterocycles. The summed E-state index contributed by atoms with van der Waals surface area (Å²) in [4.78, 5) is 83.4. The van der Waals surface area contributed by atoms with Crippen LogP contribution < -0.4 is 25.3 Å². The molecule has 5 aromatic heterocycles. The second kappa shape index (κ2) is 38.4. The number of fused-ring (bicyclic) bond motifs is 4. The number of hydrogen-bond acceptors (Lipinski definition) is 16. The van der Waals surface area contributed by atoms with Gasteiger partial charge in [0.15, 0.2) is 0 Å². The van der Waals surface area contributed by atoms with E-state index in [4.69, 9.17) is 41.5 Å². The minimum absolute atomic E-state index is 0.0180. The van der Waals surface area contributed by atoms with Crippen LogP contribution in [0, 0.1) is 55.4 Å². The minimum atomic E-state index is -4.67. The number of amides is 3. The lowest BCUT2D eigenvalue weighted by Crippen LogP contribution is -2.28. The van der Waals surface area contributed by atoms with Gasteiger partial charge in [-0.3, -0.25) is 69.8 Å². The van der Waals surface area contributed by atoms with Gasteiger partial charge in [-0.1, -0.05) is 170 Å². The molecule has 0 bridgehead atoms. The Labute approximate surface area is 688 Å². The van der Waals surface area contributed by atoms with Crippen molar-refractivity contribution in [3.05, 3.63) is 324 Å². The molecule has 3 amide bonds. The zero-order valence-electron chi connectivity index (χ0n) is 67.1. The molecule has 7 N–H and O–H groups in total. The molecule has 0 fully saturated rings. The van der Waals surface area contributed by atoms with Gasteiger partial charge >= 0.3 is 31.3 Å². The number of carbonyl (C=O) groups excluding carboxylic acids is 3. The third-order valence-electron chi connectivity index (χ3n) is 19.5. The van der Waals surface area contributed by atoms with Crippen LogP contribution >= 0.6 is 31.3 Å². The van der Waals surface area contributed by atoms with Crippen molar-refractivity contribution in [1.82, 2.24) is 24.5 Å². The van der Waals surface area contributed by atoms with E-state index in [9.17, 15) is 37.5 Å². The summed E-state index contributed by atoms with van der Waals surface area (Å²) in [5.41, 5.74) is 20.9. The average molecular weight is 1690 g/mol. The van der Waals surface area contributed by atoms with Gasteiger partial charge in [-0.2, -0.15) is 0 Å². The van der Waals surface area contributed by atoms with Crippen molar-refractivity contribution >= 4 is 125 Å². The first-order valence-electron chi connectivity index (χ1n) is 37.6. The van der Waals surface area contributed by atoms with Crippen LogP contribution in [-0.2, 0) is 99.9 Å². The van der Waals surface area contributed by atoms with Crippen molar-refractivity contribution in [3.8, 4) is 0 Å². The summed E-state index contributed by atoms with van der Waals surface area (Å²) >= 11 is 0. The highest BCUT2D eigenvalue weighted by molar-refractivity contribution is 7.48. The third-order valence-corrected chi connectivity index (χ3v) is 23.5. The van der Waals surface area contributed by atoms with Crippen molar-refractivity contribution < 1.29 is 88.0 Å². The summed E-state index contributed by atoms with van der Waals surface area (Å²) in [6.45, 7) is 19.1. The van der Waals surface area contributed by atoms with E-state index in [1.54, 1.807) is 48.6 Å². The highest BCUT2D eigenvalue weighted by Gasteiger charge is 2.39. The molecule has 2 atom stereocenters. The molecule has 0 saturated heterocycles. The SMILES string of the molecule is C=c1/c(=C\c2[nH]c(C)cc2C)c2ccccc2n1COP(=O)(OC)OCc1ccccc1.COP(=O)(O)OCN1C(=O)/C(=C\c2[nH]c(C)cc2C)c2ccccc21.Cc1cc(C)c(/C=C2\C(=O)N(COP(=O)(O)O)c3ccccc32)[nH]1.Cc1cc(C)c(/C=C2\C(=O)N(COP(=O)(OCc3ccccc3)OCc3ccccc3)c3ccccc32)[nH]1. The molecule has 3 aliphatic rings. The Hall–Kier alpha value is -11.0. The number of nitrogens with zero attached hydrogens (tertiary/aromatic N) is 4. The summed E-state index contributed by atoms with van der Waals surface area (Å²) in [7, 11) is -14.3. The maximum absolute atomic E-state index is 13.7. The Morgan fingerprint density at radius 2 is 0.689 bits per heavy atom. The second-order valence-corrected chi connectivity index (χ2v) is 34.3. The molecule has 7 aromatic carbocycles. The highest BCUT2D eigenvalue weighted by atomic mass is 31.2. The van der Waals surface area contributed by atoms with Gasteiger partial charge in [-0.25, -0.2) is 18.3 Å². The number of aryl methyl sites for hydroxylation is 8. The van der Waals surface area contributed by atoms with E-state index in [0.29, 0.717) is 39.3 Å². The van der Waals surface area contributed by atoms with Gasteiger partial charge in [0.2, 0.25) is 0 Å². The van der Waals surface area contributed by atoms with E-state index < -0.39 is 38.0 Å². The topological polar surface area (TPSA) is 341 Å². The minimum Gasteiger partial charge on any atom is -0.359 e. The van der Waals surface area contributed by atoms with Crippen LogP contribution in [0.4, 0.5) is 17.1 Å². The Morgan fingerprint density at radius 1 is 0.370 bits per heavy atom.